The van der Waals surface area contributed by atoms with E-state index in [2.05, 4.69) is 5.32 Å². The predicted octanol–water partition coefficient (Wildman–Crippen LogP) is 1.54. The second-order valence-electron chi connectivity index (χ2n) is 6.06. The molecule has 1 aromatic rings. The minimum atomic E-state index is -3.84. The molecule has 0 radical (unpaired) electrons. The topological polar surface area (TPSA) is 124 Å². The van der Waals surface area contributed by atoms with Gasteiger partial charge in [-0.2, -0.15) is 0 Å². The normalized spacial score (nSPS) is 28.0. The molecule has 4 N–H and O–H groups in total. The van der Waals surface area contributed by atoms with E-state index in [-0.39, 0.29) is 13.0 Å². The van der Waals surface area contributed by atoms with Crippen LogP contribution < -0.4 is 5.32 Å². The zero-order valence-electron chi connectivity index (χ0n) is 12.7. The molecular weight excluding hydrogens is 321 g/mol. The van der Waals surface area contributed by atoms with E-state index in [0.717, 1.165) is 0 Å². The lowest BCUT2D eigenvalue weighted by atomic mass is 9.88. The minimum absolute atomic E-state index is 0.134. The molecule has 23 heavy (non-hydrogen) atoms. The third-order valence-electron chi connectivity index (χ3n) is 4.45. The molecule has 1 aliphatic heterocycles. The van der Waals surface area contributed by atoms with Gasteiger partial charge in [-0.15, -0.1) is 0 Å². The van der Waals surface area contributed by atoms with Crippen molar-refractivity contribution >= 4 is 19.3 Å². The SMILES string of the molecule is CC(c1ccccc1)P(=O)(O)CC1(C(=O)O)CNC(C(=O)O)C1. The number of benzene rings is 1. The van der Waals surface area contributed by atoms with E-state index in [1.807, 2.05) is 0 Å². The summed E-state index contributed by atoms with van der Waals surface area (Å²) in [6.07, 6.45) is -0.661. The zero-order chi connectivity index (χ0) is 17.3. The number of rotatable bonds is 6. The lowest BCUT2D eigenvalue weighted by Crippen LogP contribution is -2.37. The fraction of sp³-hybridized carbons (Fsp3) is 0.467. The van der Waals surface area contributed by atoms with Crippen molar-refractivity contribution in [1.29, 1.82) is 0 Å². The van der Waals surface area contributed by atoms with Crippen molar-refractivity contribution in [3.05, 3.63) is 35.9 Å². The fourth-order valence-corrected chi connectivity index (χ4v) is 5.07. The Kier molecular flexibility index (Phi) is 4.94. The van der Waals surface area contributed by atoms with Gasteiger partial charge in [0.1, 0.15) is 6.04 Å². The second-order valence-corrected chi connectivity index (χ2v) is 8.66. The van der Waals surface area contributed by atoms with Crippen LogP contribution in [0.4, 0.5) is 0 Å². The molecule has 0 aliphatic carbocycles. The molecule has 0 spiro atoms. The van der Waals surface area contributed by atoms with Crippen LogP contribution in [-0.4, -0.2) is 45.8 Å². The Balaban J connectivity index is 2.25. The quantitative estimate of drug-likeness (QED) is 0.579. The molecule has 0 bridgehead atoms. The number of carboxylic acid groups (broad SMARTS) is 2. The zero-order valence-corrected chi connectivity index (χ0v) is 13.6. The van der Waals surface area contributed by atoms with Crippen molar-refractivity contribution < 1.29 is 29.3 Å². The summed E-state index contributed by atoms with van der Waals surface area (Å²) >= 11 is 0. The molecule has 4 unspecified atom stereocenters. The summed E-state index contributed by atoms with van der Waals surface area (Å²) in [5, 5.41) is 21.2. The molecule has 2 rings (SSSR count). The van der Waals surface area contributed by atoms with Crippen LogP contribution in [0.2, 0.25) is 0 Å². The van der Waals surface area contributed by atoms with Gasteiger partial charge >= 0.3 is 11.9 Å². The van der Waals surface area contributed by atoms with Crippen molar-refractivity contribution in [3.63, 3.8) is 0 Å². The van der Waals surface area contributed by atoms with E-state index in [9.17, 15) is 24.2 Å². The molecule has 1 saturated heterocycles. The van der Waals surface area contributed by atoms with Gasteiger partial charge in [-0.25, -0.2) is 0 Å². The first kappa shape index (κ1) is 17.7. The molecule has 8 heteroatoms. The highest BCUT2D eigenvalue weighted by atomic mass is 31.2. The number of nitrogens with one attached hydrogen (secondary N) is 1. The van der Waals surface area contributed by atoms with Gasteiger partial charge in [0.25, 0.3) is 0 Å². The first-order valence-corrected chi connectivity index (χ1v) is 9.15. The van der Waals surface area contributed by atoms with Gasteiger partial charge in [0.05, 0.1) is 11.1 Å². The maximum absolute atomic E-state index is 12.8. The van der Waals surface area contributed by atoms with E-state index in [0.29, 0.717) is 5.56 Å². The van der Waals surface area contributed by atoms with Gasteiger partial charge in [0.2, 0.25) is 7.37 Å². The van der Waals surface area contributed by atoms with Crippen LogP contribution in [0.25, 0.3) is 0 Å². The number of hydrogen-bond donors (Lipinski definition) is 4. The Bertz CT molecular complexity index is 649. The van der Waals surface area contributed by atoms with Gasteiger partial charge in [-0.1, -0.05) is 30.3 Å². The number of aliphatic carboxylic acids is 2. The third kappa shape index (κ3) is 3.63. The maximum atomic E-state index is 12.8. The molecule has 1 aliphatic rings. The molecule has 0 saturated carbocycles. The number of carbonyl (C=O) groups is 2. The largest absolute Gasteiger partial charge is 0.481 e. The fourth-order valence-electron chi connectivity index (χ4n) is 2.91. The Hall–Kier alpha value is -1.69. The Morgan fingerprint density at radius 2 is 1.96 bits per heavy atom. The monoisotopic (exact) mass is 341 g/mol. The summed E-state index contributed by atoms with van der Waals surface area (Å²) in [7, 11) is -3.84. The lowest BCUT2D eigenvalue weighted by Gasteiger charge is -2.29. The predicted molar refractivity (Wildman–Crippen MR) is 83.7 cm³/mol. The van der Waals surface area contributed by atoms with Crippen LogP contribution in [0, 0.1) is 5.41 Å². The van der Waals surface area contributed by atoms with Crippen LogP contribution in [0.15, 0.2) is 30.3 Å². The molecule has 1 aromatic carbocycles. The van der Waals surface area contributed by atoms with Crippen LogP contribution in [0.1, 0.15) is 24.6 Å². The third-order valence-corrected chi connectivity index (χ3v) is 7.02. The van der Waals surface area contributed by atoms with Crippen molar-refractivity contribution in [1.82, 2.24) is 5.32 Å². The Morgan fingerprint density at radius 1 is 1.35 bits per heavy atom. The molecule has 0 aromatic heterocycles. The van der Waals surface area contributed by atoms with E-state index in [4.69, 9.17) is 5.11 Å². The smallest absolute Gasteiger partial charge is 0.320 e. The van der Waals surface area contributed by atoms with Crippen molar-refractivity contribution in [2.24, 2.45) is 5.41 Å². The van der Waals surface area contributed by atoms with Crippen LogP contribution in [0.5, 0.6) is 0 Å². The van der Waals surface area contributed by atoms with Gasteiger partial charge < -0.3 is 20.4 Å². The van der Waals surface area contributed by atoms with Gasteiger partial charge in [0.15, 0.2) is 0 Å². The highest BCUT2D eigenvalue weighted by Gasteiger charge is 2.52. The molecule has 1 heterocycles. The average Bonchev–Trinajstić information content (AvgIpc) is 2.92. The minimum Gasteiger partial charge on any atom is -0.481 e. The van der Waals surface area contributed by atoms with Gasteiger partial charge in [-0.05, 0) is 18.9 Å². The molecular formula is C15H20NO6P. The lowest BCUT2D eigenvalue weighted by molar-refractivity contribution is -0.147. The Morgan fingerprint density at radius 3 is 2.43 bits per heavy atom. The van der Waals surface area contributed by atoms with Crippen molar-refractivity contribution in [3.8, 4) is 0 Å². The van der Waals surface area contributed by atoms with Crippen LogP contribution >= 0.6 is 7.37 Å². The first-order chi connectivity index (χ1) is 10.7. The summed E-state index contributed by atoms with van der Waals surface area (Å²) in [4.78, 5) is 33.2. The Labute approximate surface area is 133 Å². The van der Waals surface area contributed by atoms with Gasteiger partial charge in [-0.3, -0.25) is 14.2 Å². The van der Waals surface area contributed by atoms with E-state index < -0.39 is 42.6 Å². The molecule has 7 nitrogen and oxygen atoms in total. The van der Waals surface area contributed by atoms with E-state index >= 15 is 0 Å². The highest BCUT2D eigenvalue weighted by Crippen LogP contribution is 2.59. The first-order valence-electron chi connectivity index (χ1n) is 7.24. The number of hydrogen-bond acceptors (Lipinski definition) is 4. The molecule has 0 amide bonds. The molecule has 4 atom stereocenters. The van der Waals surface area contributed by atoms with Gasteiger partial charge in [0, 0.05) is 12.7 Å². The van der Waals surface area contributed by atoms with Crippen molar-refractivity contribution in [2.75, 3.05) is 12.7 Å². The number of carboxylic acids is 2. The summed E-state index contributed by atoms with van der Waals surface area (Å²) in [5.74, 6) is -2.40. The summed E-state index contributed by atoms with van der Waals surface area (Å²) in [6, 6.07) is 7.70. The summed E-state index contributed by atoms with van der Waals surface area (Å²) in [6.45, 7) is 1.45. The van der Waals surface area contributed by atoms with Crippen LogP contribution in [-0.2, 0) is 14.2 Å². The van der Waals surface area contributed by atoms with Crippen molar-refractivity contribution in [2.45, 2.75) is 25.0 Å². The van der Waals surface area contributed by atoms with E-state index in [1.54, 1.807) is 37.3 Å². The second kappa shape index (κ2) is 6.43. The standard InChI is InChI=1S/C15H20NO6P/c1-10(11-5-3-2-4-6-11)23(21,22)9-15(14(19)20)7-12(13(17)18)16-8-15/h2-6,10,12,16H,7-9H2,1H3,(H,17,18)(H,19,20)(H,21,22). The molecule has 126 valence electrons. The van der Waals surface area contributed by atoms with Crippen LogP contribution in [0.3, 0.4) is 0 Å². The van der Waals surface area contributed by atoms with E-state index in [1.165, 1.54) is 0 Å². The highest BCUT2D eigenvalue weighted by molar-refractivity contribution is 7.58. The summed E-state index contributed by atoms with van der Waals surface area (Å²) in [5.41, 5.74) is -1.61. The maximum Gasteiger partial charge on any atom is 0.320 e. The summed E-state index contributed by atoms with van der Waals surface area (Å²) < 4.78 is 12.8. The molecule has 1 fully saturated rings. The average molecular weight is 341 g/mol.